The summed E-state index contributed by atoms with van der Waals surface area (Å²) in [5, 5.41) is 3.34. The van der Waals surface area contributed by atoms with Crippen molar-refractivity contribution < 1.29 is 23.8 Å². The fraction of sp³-hybridized carbons (Fsp3) is 0.583. The third-order valence-electron chi connectivity index (χ3n) is 5.90. The Labute approximate surface area is 194 Å². The first-order chi connectivity index (χ1) is 15.5. The van der Waals surface area contributed by atoms with Gasteiger partial charge in [0.05, 0.1) is 18.4 Å². The van der Waals surface area contributed by atoms with Crippen LogP contribution in [0.1, 0.15) is 53.7 Å². The molecule has 176 valence electrons. The first-order valence-electron chi connectivity index (χ1n) is 11.2. The van der Waals surface area contributed by atoms with Gasteiger partial charge >= 0.3 is 11.9 Å². The second-order valence-corrected chi connectivity index (χ2v) is 9.18. The minimum atomic E-state index is -0.293. The van der Waals surface area contributed by atoms with Crippen molar-refractivity contribution in [3.05, 3.63) is 33.9 Å². The molecule has 1 aromatic rings. The Kier molecular flexibility index (Phi) is 8.87. The molecule has 0 aromatic heterocycles. The number of fused-ring (bicyclic) bond motifs is 1. The van der Waals surface area contributed by atoms with Crippen LogP contribution in [0.4, 0.5) is 5.69 Å². The lowest BCUT2D eigenvalue weighted by Crippen LogP contribution is -2.25. The molecule has 0 atom stereocenters. The van der Waals surface area contributed by atoms with Crippen LogP contribution in [0.3, 0.4) is 0 Å². The van der Waals surface area contributed by atoms with Gasteiger partial charge in [-0.05, 0) is 39.2 Å². The van der Waals surface area contributed by atoms with Crippen LogP contribution in [0.25, 0.3) is 0 Å². The monoisotopic (exact) mass is 462 g/mol. The summed E-state index contributed by atoms with van der Waals surface area (Å²) in [6.07, 6.45) is 3.70. The van der Waals surface area contributed by atoms with E-state index >= 15 is 0 Å². The number of ether oxygens (including phenoxy) is 3. The van der Waals surface area contributed by atoms with Crippen LogP contribution >= 0.6 is 11.8 Å². The average Bonchev–Trinajstić information content (AvgIpc) is 3.43. The van der Waals surface area contributed by atoms with Crippen LogP contribution in [0, 0.1) is 6.92 Å². The van der Waals surface area contributed by atoms with Crippen molar-refractivity contribution in [3.63, 3.8) is 0 Å². The van der Waals surface area contributed by atoms with Gasteiger partial charge in [0, 0.05) is 48.8 Å². The van der Waals surface area contributed by atoms with E-state index in [0.29, 0.717) is 38.0 Å². The lowest BCUT2D eigenvalue weighted by Gasteiger charge is -2.19. The highest BCUT2D eigenvalue weighted by Gasteiger charge is 2.31. The van der Waals surface area contributed by atoms with E-state index in [1.807, 2.05) is 32.5 Å². The Morgan fingerprint density at radius 3 is 2.84 bits per heavy atom. The fourth-order valence-electron chi connectivity index (χ4n) is 4.09. The molecule has 2 aliphatic heterocycles. The molecule has 8 heteroatoms. The van der Waals surface area contributed by atoms with E-state index in [1.165, 1.54) is 0 Å². The lowest BCUT2D eigenvalue weighted by molar-refractivity contribution is -0.143. The molecule has 1 fully saturated rings. The molecule has 0 radical (unpaired) electrons. The van der Waals surface area contributed by atoms with Crippen molar-refractivity contribution in [1.82, 2.24) is 4.90 Å². The number of hydrogen-bond donors (Lipinski definition) is 1. The number of esters is 2. The molecular formula is C24H34N2O5S. The van der Waals surface area contributed by atoms with E-state index in [1.54, 1.807) is 7.11 Å². The second-order valence-electron chi connectivity index (χ2n) is 8.10. The summed E-state index contributed by atoms with van der Waals surface area (Å²) in [7, 11) is 1.65. The maximum atomic E-state index is 12.4. The number of rotatable bonds is 11. The Morgan fingerprint density at radius 1 is 1.34 bits per heavy atom. The highest BCUT2D eigenvalue weighted by atomic mass is 32.2. The molecule has 0 unspecified atom stereocenters. The van der Waals surface area contributed by atoms with Gasteiger partial charge in [0.1, 0.15) is 19.0 Å². The van der Waals surface area contributed by atoms with Crippen molar-refractivity contribution in [2.75, 3.05) is 50.3 Å². The largest absolute Gasteiger partial charge is 0.496 e. The molecule has 2 aliphatic rings. The van der Waals surface area contributed by atoms with Gasteiger partial charge in [0.2, 0.25) is 0 Å². The van der Waals surface area contributed by atoms with Gasteiger partial charge in [-0.1, -0.05) is 11.6 Å². The van der Waals surface area contributed by atoms with Crippen LogP contribution in [0.5, 0.6) is 5.75 Å². The van der Waals surface area contributed by atoms with Crippen molar-refractivity contribution in [2.24, 2.45) is 0 Å². The van der Waals surface area contributed by atoms with Crippen molar-refractivity contribution in [3.8, 4) is 5.75 Å². The number of allylic oxidation sites excluding steroid dienone is 2. The molecule has 32 heavy (non-hydrogen) atoms. The minimum absolute atomic E-state index is 0.161. The topological polar surface area (TPSA) is 77.1 Å². The summed E-state index contributed by atoms with van der Waals surface area (Å²) >= 11 is 1.91. The maximum Gasteiger partial charge on any atom is 0.341 e. The number of benzene rings is 1. The van der Waals surface area contributed by atoms with Crippen LogP contribution in [-0.4, -0.2) is 61.8 Å². The third kappa shape index (κ3) is 5.78. The van der Waals surface area contributed by atoms with Gasteiger partial charge in [0.25, 0.3) is 0 Å². The molecule has 1 N–H and O–H groups in total. The second kappa shape index (κ2) is 11.6. The molecule has 2 heterocycles. The van der Waals surface area contributed by atoms with Gasteiger partial charge in [-0.2, -0.15) is 0 Å². The summed E-state index contributed by atoms with van der Waals surface area (Å²) in [4.78, 5) is 26.8. The zero-order valence-electron chi connectivity index (χ0n) is 19.5. The van der Waals surface area contributed by atoms with E-state index in [4.69, 9.17) is 14.2 Å². The number of hydrogen-bond acceptors (Lipinski definition) is 8. The van der Waals surface area contributed by atoms with Crippen LogP contribution in [0.15, 0.2) is 11.6 Å². The summed E-state index contributed by atoms with van der Waals surface area (Å²) in [5.74, 6) is 2.51. The fourth-order valence-corrected chi connectivity index (χ4v) is 5.12. The first-order valence-corrected chi connectivity index (χ1v) is 12.4. The molecule has 1 aromatic carbocycles. The quantitative estimate of drug-likeness (QED) is 0.392. The smallest absolute Gasteiger partial charge is 0.341 e. The molecule has 0 amide bonds. The van der Waals surface area contributed by atoms with Gasteiger partial charge in [-0.15, -0.1) is 11.8 Å². The van der Waals surface area contributed by atoms with E-state index in [-0.39, 0.29) is 18.5 Å². The Hall–Kier alpha value is -2.19. The number of anilines is 1. The summed E-state index contributed by atoms with van der Waals surface area (Å²) in [5.41, 5.74) is 5.28. The molecule has 0 saturated carbocycles. The molecule has 1 saturated heterocycles. The highest BCUT2D eigenvalue weighted by molar-refractivity contribution is 7.99. The predicted octanol–water partition coefficient (Wildman–Crippen LogP) is 3.92. The van der Waals surface area contributed by atoms with Crippen molar-refractivity contribution >= 4 is 29.4 Å². The molecule has 7 nitrogen and oxygen atoms in total. The normalized spacial score (nSPS) is 16.1. The summed E-state index contributed by atoms with van der Waals surface area (Å²) in [6, 6.07) is 0. The standard InChI is InChI=1S/C24H34N2O5S/c1-5-25-22-18(23(29-4)17(3)19-14-31-24(28)21(19)22)8-6-16(2)7-9-20(27)30-12-10-26-11-13-32-15-26/h6,25H,5,7-15H2,1-4H3/b16-6+. The lowest BCUT2D eigenvalue weighted by atomic mass is 9.93. The van der Waals surface area contributed by atoms with Gasteiger partial charge < -0.3 is 19.5 Å². The van der Waals surface area contributed by atoms with Crippen LogP contribution < -0.4 is 10.1 Å². The van der Waals surface area contributed by atoms with Crippen molar-refractivity contribution in [2.45, 2.75) is 46.6 Å². The summed E-state index contributed by atoms with van der Waals surface area (Å²) < 4.78 is 16.4. The minimum Gasteiger partial charge on any atom is -0.496 e. The van der Waals surface area contributed by atoms with E-state index < -0.39 is 0 Å². The number of nitrogens with one attached hydrogen (secondary N) is 1. The number of methoxy groups -OCH3 is 1. The molecule has 0 aliphatic carbocycles. The predicted molar refractivity (Wildman–Crippen MR) is 128 cm³/mol. The number of thioether (sulfide) groups is 1. The Balaban J connectivity index is 1.63. The van der Waals surface area contributed by atoms with Gasteiger partial charge in [0.15, 0.2) is 0 Å². The van der Waals surface area contributed by atoms with Crippen LogP contribution in [-0.2, 0) is 27.3 Å². The Morgan fingerprint density at radius 2 is 2.16 bits per heavy atom. The average molecular weight is 463 g/mol. The zero-order chi connectivity index (χ0) is 23.1. The van der Waals surface area contributed by atoms with Crippen molar-refractivity contribution in [1.29, 1.82) is 0 Å². The molecule has 0 bridgehead atoms. The number of cyclic esters (lactones) is 1. The van der Waals surface area contributed by atoms with Gasteiger partial charge in [-0.3, -0.25) is 9.69 Å². The molecular weight excluding hydrogens is 428 g/mol. The number of carbonyl (C=O) groups is 2. The third-order valence-corrected chi connectivity index (χ3v) is 6.92. The van der Waals surface area contributed by atoms with E-state index in [9.17, 15) is 9.59 Å². The Bertz CT molecular complexity index is 878. The van der Waals surface area contributed by atoms with E-state index in [2.05, 4.69) is 16.3 Å². The van der Waals surface area contributed by atoms with Gasteiger partial charge in [-0.25, -0.2) is 4.79 Å². The highest BCUT2D eigenvalue weighted by Crippen LogP contribution is 2.41. The SMILES string of the molecule is CCNc1c(C/C=C(\C)CCC(=O)OCCN2CCSC2)c(OC)c(C)c2c1C(=O)OC2. The number of carbonyl (C=O) groups excluding carboxylic acids is 2. The maximum absolute atomic E-state index is 12.4. The first kappa shape index (κ1) is 24.5. The number of nitrogens with zero attached hydrogens (tertiary/aromatic N) is 1. The molecule has 0 spiro atoms. The van der Waals surface area contributed by atoms with E-state index in [0.717, 1.165) is 58.4 Å². The zero-order valence-corrected chi connectivity index (χ0v) is 20.4. The summed E-state index contributed by atoms with van der Waals surface area (Å²) in [6.45, 7) is 9.28. The van der Waals surface area contributed by atoms with Crippen LogP contribution in [0.2, 0.25) is 0 Å². The molecule has 3 rings (SSSR count).